The molecule has 3 heteroatoms. The van der Waals surface area contributed by atoms with Gasteiger partial charge in [0.05, 0.1) is 17.1 Å². The van der Waals surface area contributed by atoms with Crippen LogP contribution in [0.2, 0.25) is 0 Å². The van der Waals surface area contributed by atoms with E-state index in [4.69, 9.17) is 0 Å². The minimum atomic E-state index is 0.814. The number of hydrogen-bond donors (Lipinski definition) is 0. The van der Waals surface area contributed by atoms with Gasteiger partial charge in [-0.15, -0.1) is 5.10 Å². The quantitative estimate of drug-likeness (QED) is 0.252. The minimum absolute atomic E-state index is 0.814. The van der Waals surface area contributed by atoms with Crippen LogP contribution in [0.5, 0.6) is 0 Å². The van der Waals surface area contributed by atoms with Crippen LogP contribution in [-0.2, 0) is 12.8 Å². The fourth-order valence-corrected chi connectivity index (χ4v) is 4.02. The van der Waals surface area contributed by atoms with Crippen molar-refractivity contribution in [1.29, 1.82) is 0 Å². The SMILES string of the molecule is C=Cc1ccc(-n2nnc(CCCCCC)c2Cc2ccc(-c3ccccc3)cc2)cc1. The second-order valence-corrected chi connectivity index (χ2v) is 8.24. The van der Waals surface area contributed by atoms with Gasteiger partial charge in [0.1, 0.15) is 0 Å². The standard InChI is InChI=1S/C29H31N3/c1-3-5-6-10-13-28-29(32(31-30-28)27-20-16-23(4-2)17-21-27)22-24-14-18-26(19-15-24)25-11-8-7-9-12-25/h4,7-9,11-12,14-21H,2-3,5-6,10,13,22H2,1H3. The lowest BCUT2D eigenvalue weighted by atomic mass is 10.0. The molecule has 162 valence electrons. The maximum atomic E-state index is 4.59. The topological polar surface area (TPSA) is 30.7 Å². The van der Waals surface area contributed by atoms with Crippen molar-refractivity contribution in [3.63, 3.8) is 0 Å². The first-order chi connectivity index (χ1) is 15.8. The lowest BCUT2D eigenvalue weighted by Crippen LogP contribution is -2.05. The number of unbranched alkanes of at least 4 members (excludes halogenated alkanes) is 3. The van der Waals surface area contributed by atoms with Gasteiger partial charge < -0.3 is 0 Å². The van der Waals surface area contributed by atoms with Crippen molar-refractivity contribution in [3.8, 4) is 16.8 Å². The first-order valence-electron chi connectivity index (χ1n) is 11.6. The third kappa shape index (κ3) is 5.23. The van der Waals surface area contributed by atoms with Gasteiger partial charge in [-0.05, 0) is 47.2 Å². The summed E-state index contributed by atoms with van der Waals surface area (Å²) in [5.41, 5.74) is 8.18. The summed E-state index contributed by atoms with van der Waals surface area (Å²) in [6, 6.07) is 27.7. The zero-order chi connectivity index (χ0) is 22.2. The lowest BCUT2D eigenvalue weighted by molar-refractivity contribution is 0.658. The van der Waals surface area contributed by atoms with Gasteiger partial charge in [0.15, 0.2) is 0 Å². The van der Waals surface area contributed by atoms with E-state index in [9.17, 15) is 0 Å². The van der Waals surface area contributed by atoms with Crippen LogP contribution < -0.4 is 0 Å². The van der Waals surface area contributed by atoms with Crippen LogP contribution in [-0.4, -0.2) is 15.0 Å². The van der Waals surface area contributed by atoms with E-state index in [1.54, 1.807) is 0 Å². The Bertz CT molecular complexity index is 1120. The molecule has 0 aliphatic carbocycles. The van der Waals surface area contributed by atoms with Gasteiger partial charge in [-0.3, -0.25) is 0 Å². The van der Waals surface area contributed by atoms with Crippen molar-refractivity contribution < 1.29 is 0 Å². The summed E-state index contributed by atoms with van der Waals surface area (Å²) < 4.78 is 2.01. The van der Waals surface area contributed by atoms with Gasteiger partial charge in [0, 0.05) is 6.42 Å². The van der Waals surface area contributed by atoms with Gasteiger partial charge in [0.2, 0.25) is 0 Å². The molecule has 0 spiro atoms. The fourth-order valence-electron chi connectivity index (χ4n) is 4.02. The monoisotopic (exact) mass is 421 g/mol. The number of aryl methyl sites for hydroxylation is 1. The van der Waals surface area contributed by atoms with Crippen molar-refractivity contribution in [2.45, 2.75) is 45.4 Å². The Hall–Kier alpha value is -3.46. The summed E-state index contributed by atoms with van der Waals surface area (Å²) in [7, 11) is 0. The normalized spacial score (nSPS) is 10.9. The van der Waals surface area contributed by atoms with Crippen LogP contribution in [0.25, 0.3) is 22.9 Å². The van der Waals surface area contributed by atoms with Gasteiger partial charge in [-0.1, -0.05) is 111 Å². The highest BCUT2D eigenvalue weighted by molar-refractivity contribution is 5.63. The predicted molar refractivity (Wildman–Crippen MR) is 134 cm³/mol. The molecule has 0 N–H and O–H groups in total. The molecule has 3 aromatic carbocycles. The maximum Gasteiger partial charge on any atom is 0.0867 e. The van der Waals surface area contributed by atoms with Crippen LogP contribution in [0.3, 0.4) is 0 Å². The maximum absolute atomic E-state index is 4.59. The number of hydrogen-bond acceptors (Lipinski definition) is 2. The summed E-state index contributed by atoms with van der Waals surface area (Å²) in [5.74, 6) is 0. The van der Waals surface area contributed by atoms with Crippen LogP contribution >= 0.6 is 0 Å². The zero-order valence-corrected chi connectivity index (χ0v) is 18.9. The van der Waals surface area contributed by atoms with E-state index in [1.165, 1.54) is 41.6 Å². The zero-order valence-electron chi connectivity index (χ0n) is 18.9. The Kier molecular flexibility index (Phi) is 7.29. The molecule has 0 fully saturated rings. The summed E-state index contributed by atoms with van der Waals surface area (Å²) >= 11 is 0. The Labute approximate surface area is 191 Å². The molecule has 1 heterocycles. The molecule has 1 aromatic heterocycles. The van der Waals surface area contributed by atoms with E-state index >= 15 is 0 Å². The Balaban J connectivity index is 1.60. The molecular weight excluding hydrogens is 390 g/mol. The fraction of sp³-hybridized carbons (Fsp3) is 0.241. The average molecular weight is 422 g/mol. The van der Waals surface area contributed by atoms with E-state index in [0.717, 1.165) is 36.2 Å². The van der Waals surface area contributed by atoms with E-state index in [2.05, 4.69) is 103 Å². The molecule has 4 rings (SSSR count). The van der Waals surface area contributed by atoms with Crippen LogP contribution in [0.1, 0.15) is 55.1 Å². The molecule has 0 bridgehead atoms. The van der Waals surface area contributed by atoms with E-state index in [0.29, 0.717) is 0 Å². The molecule has 0 amide bonds. The number of rotatable bonds is 10. The molecule has 32 heavy (non-hydrogen) atoms. The lowest BCUT2D eigenvalue weighted by Gasteiger charge is -2.10. The van der Waals surface area contributed by atoms with Crippen molar-refractivity contribution in [2.75, 3.05) is 0 Å². The summed E-state index contributed by atoms with van der Waals surface area (Å²) in [4.78, 5) is 0. The van der Waals surface area contributed by atoms with Crippen LogP contribution in [0, 0.1) is 0 Å². The smallest absolute Gasteiger partial charge is 0.0867 e. The first-order valence-corrected chi connectivity index (χ1v) is 11.6. The van der Waals surface area contributed by atoms with Crippen molar-refractivity contribution >= 4 is 6.08 Å². The number of nitrogens with zero attached hydrogens (tertiary/aromatic N) is 3. The van der Waals surface area contributed by atoms with Gasteiger partial charge in [-0.25, -0.2) is 4.68 Å². The first kappa shape index (κ1) is 21.8. The Morgan fingerprint density at radius 2 is 1.53 bits per heavy atom. The van der Waals surface area contributed by atoms with Crippen LogP contribution in [0.15, 0.2) is 85.4 Å². The third-order valence-corrected chi connectivity index (χ3v) is 5.92. The summed E-state index contributed by atoms with van der Waals surface area (Å²) in [6.45, 7) is 6.10. The summed E-state index contributed by atoms with van der Waals surface area (Å²) in [6.07, 6.45) is 8.55. The Morgan fingerprint density at radius 3 is 2.22 bits per heavy atom. The average Bonchev–Trinajstić information content (AvgIpc) is 3.25. The predicted octanol–water partition coefficient (Wildman–Crippen LogP) is 7.29. The third-order valence-electron chi connectivity index (χ3n) is 5.92. The minimum Gasteiger partial charge on any atom is -0.217 e. The van der Waals surface area contributed by atoms with Gasteiger partial charge in [0.25, 0.3) is 0 Å². The molecule has 0 aliphatic rings. The molecule has 0 saturated heterocycles. The molecule has 0 atom stereocenters. The number of benzene rings is 3. The van der Waals surface area contributed by atoms with E-state index < -0.39 is 0 Å². The van der Waals surface area contributed by atoms with E-state index in [1.807, 2.05) is 10.8 Å². The largest absolute Gasteiger partial charge is 0.217 e. The molecule has 3 nitrogen and oxygen atoms in total. The highest BCUT2D eigenvalue weighted by atomic mass is 15.4. The highest BCUT2D eigenvalue weighted by Crippen LogP contribution is 2.23. The molecule has 0 aliphatic heterocycles. The molecule has 0 unspecified atom stereocenters. The molecule has 0 radical (unpaired) electrons. The van der Waals surface area contributed by atoms with E-state index in [-0.39, 0.29) is 0 Å². The highest BCUT2D eigenvalue weighted by Gasteiger charge is 2.15. The van der Waals surface area contributed by atoms with Crippen LogP contribution in [0.4, 0.5) is 0 Å². The second-order valence-electron chi connectivity index (χ2n) is 8.24. The number of aromatic nitrogens is 3. The Morgan fingerprint density at radius 1 is 0.812 bits per heavy atom. The van der Waals surface area contributed by atoms with Crippen molar-refractivity contribution in [3.05, 3.63) is 108 Å². The van der Waals surface area contributed by atoms with Crippen molar-refractivity contribution in [2.24, 2.45) is 0 Å². The van der Waals surface area contributed by atoms with Gasteiger partial charge in [-0.2, -0.15) is 0 Å². The van der Waals surface area contributed by atoms with Gasteiger partial charge >= 0.3 is 0 Å². The second kappa shape index (κ2) is 10.7. The molecular formula is C29H31N3. The molecule has 4 aromatic rings. The summed E-state index contributed by atoms with van der Waals surface area (Å²) in [5, 5.41) is 9.13. The van der Waals surface area contributed by atoms with Crippen molar-refractivity contribution in [1.82, 2.24) is 15.0 Å². The molecule has 0 saturated carbocycles.